The molecule has 2 unspecified atom stereocenters. The van der Waals surface area contributed by atoms with Gasteiger partial charge in [-0.15, -0.1) is 5.10 Å². The molecule has 0 radical (unpaired) electrons. The third-order valence-corrected chi connectivity index (χ3v) is 3.53. The molecule has 1 saturated carbocycles. The van der Waals surface area contributed by atoms with Crippen LogP contribution in [-0.4, -0.2) is 21.7 Å². The first-order chi connectivity index (χ1) is 8.16. The summed E-state index contributed by atoms with van der Waals surface area (Å²) < 4.78 is 0. The molecule has 94 valence electrons. The fourth-order valence-corrected chi connectivity index (χ4v) is 2.39. The van der Waals surface area contributed by atoms with Gasteiger partial charge in [0.25, 0.3) is 5.56 Å². The van der Waals surface area contributed by atoms with E-state index in [0.29, 0.717) is 11.8 Å². The second kappa shape index (κ2) is 5.16. The summed E-state index contributed by atoms with van der Waals surface area (Å²) in [5.74, 6) is 1.46. The molecule has 1 aliphatic carbocycles. The zero-order valence-electron chi connectivity index (χ0n) is 9.95. The molecule has 1 heterocycles. The number of hydrogen-bond acceptors (Lipinski definition) is 4. The van der Waals surface area contributed by atoms with E-state index in [0.717, 1.165) is 6.54 Å². The Morgan fingerprint density at radius 2 is 2.12 bits per heavy atom. The molecule has 2 rings (SSSR count). The normalized spacial score (nSPS) is 24.5. The van der Waals surface area contributed by atoms with Gasteiger partial charge in [-0.3, -0.25) is 9.78 Å². The highest BCUT2D eigenvalue weighted by Gasteiger charge is 2.21. The second-order valence-corrected chi connectivity index (χ2v) is 4.76. The Morgan fingerprint density at radius 1 is 1.35 bits per heavy atom. The molecule has 1 aromatic rings. The van der Waals surface area contributed by atoms with Crippen LogP contribution in [0.4, 0.5) is 5.82 Å². The summed E-state index contributed by atoms with van der Waals surface area (Å²) in [6, 6.07) is 0. The molecule has 0 aliphatic heterocycles. The molecule has 0 saturated heterocycles. The van der Waals surface area contributed by atoms with Crippen molar-refractivity contribution in [1.82, 2.24) is 15.2 Å². The largest absolute Gasteiger partial charge is 0.364 e. The summed E-state index contributed by atoms with van der Waals surface area (Å²) in [6.07, 6.45) is 5.00. The van der Waals surface area contributed by atoms with Crippen molar-refractivity contribution in [3.63, 3.8) is 0 Å². The van der Waals surface area contributed by atoms with Crippen LogP contribution in [0.3, 0.4) is 0 Å². The van der Waals surface area contributed by atoms with Gasteiger partial charge in [0.15, 0.2) is 0 Å². The summed E-state index contributed by atoms with van der Waals surface area (Å²) in [7, 11) is 0. The van der Waals surface area contributed by atoms with Gasteiger partial charge in [0, 0.05) is 6.54 Å². The third-order valence-electron chi connectivity index (χ3n) is 3.53. The lowest BCUT2D eigenvalue weighted by Crippen LogP contribution is -2.30. The van der Waals surface area contributed by atoms with Crippen LogP contribution in [0, 0.1) is 11.8 Å². The topological polar surface area (TPSA) is 90.6 Å². The van der Waals surface area contributed by atoms with Crippen molar-refractivity contribution in [1.29, 1.82) is 0 Å². The van der Waals surface area contributed by atoms with Gasteiger partial charge in [-0.2, -0.15) is 0 Å². The summed E-state index contributed by atoms with van der Waals surface area (Å²) in [6.45, 7) is 2.99. The molecule has 6 heteroatoms. The molecule has 17 heavy (non-hydrogen) atoms. The fourth-order valence-electron chi connectivity index (χ4n) is 2.39. The minimum Gasteiger partial charge on any atom is -0.364 e. The molecular weight excluding hydrogens is 220 g/mol. The molecule has 0 aromatic carbocycles. The summed E-state index contributed by atoms with van der Waals surface area (Å²) in [5.41, 5.74) is -1.04. The van der Waals surface area contributed by atoms with Crippen LogP contribution in [0.1, 0.15) is 32.6 Å². The Hall–Kier alpha value is -1.59. The average molecular weight is 238 g/mol. The van der Waals surface area contributed by atoms with Crippen LogP contribution < -0.4 is 16.6 Å². The van der Waals surface area contributed by atoms with E-state index in [-0.39, 0.29) is 5.82 Å². The van der Waals surface area contributed by atoms with Crippen LogP contribution >= 0.6 is 0 Å². The van der Waals surface area contributed by atoms with Gasteiger partial charge in [0.1, 0.15) is 0 Å². The van der Waals surface area contributed by atoms with Gasteiger partial charge in [0.05, 0.1) is 0 Å². The van der Waals surface area contributed by atoms with Crippen molar-refractivity contribution in [2.75, 3.05) is 11.9 Å². The zero-order chi connectivity index (χ0) is 12.3. The highest BCUT2D eigenvalue weighted by molar-refractivity contribution is 5.28. The monoisotopic (exact) mass is 238 g/mol. The van der Waals surface area contributed by atoms with E-state index < -0.39 is 11.2 Å². The van der Waals surface area contributed by atoms with Crippen molar-refractivity contribution in [3.8, 4) is 0 Å². The van der Waals surface area contributed by atoms with Gasteiger partial charge in [-0.1, -0.05) is 26.2 Å². The minimum absolute atomic E-state index is 0.197. The van der Waals surface area contributed by atoms with Crippen molar-refractivity contribution >= 4 is 5.82 Å². The van der Waals surface area contributed by atoms with Crippen LogP contribution in [-0.2, 0) is 0 Å². The van der Waals surface area contributed by atoms with Gasteiger partial charge in [-0.05, 0) is 18.3 Å². The summed E-state index contributed by atoms with van der Waals surface area (Å²) in [5, 5.41) is 8.93. The van der Waals surface area contributed by atoms with Crippen molar-refractivity contribution in [3.05, 3.63) is 20.8 Å². The standard InChI is InChI=1S/C11H18N4O2/c1-7-4-2-3-5-8(7)6-12-9-10(16)13-11(17)15-14-9/h7-8H,2-6H2,1H3,(H,12,14)(H2,13,15,16,17). The molecule has 0 spiro atoms. The van der Waals surface area contributed by atoms with Crippen LogP contribution in [0.5, 0.6) is 0 Å². The molecule has 0 amide bonds. The highest BCUT2D eigenvalue weighted by Crippen LogP contribution is 2.29. The third kappa shape index (κ3) is 2.95. The number of anilines is 1. The maximum Gasteiger partial charge on any atom is 0.342 e. The molecule has 1 fully saturated rings. The number of rotatable bonds is 3. The lowest BCUT2D eigenvalue weighted by Gasteiger charge is -2.28. The number of hydrogen-bond donors (Lipinski definition) is 3. The molecule has 6 nitrogen and oxygen atoms in total. The number of aromatic amines is 2. The van der Waals surface area contributed by atoms with Gasteiger partial charge < -0.3 is 5.32 Å². The summed E-state index contributed by atoms with van der Waals surface area (Å²) in [4.78, 5) is 24.3. The van der Waals surface area contributed by atoms with E-state index in [1.165, 1.54) is 25.7 Å². The Labute approximate surface area is 98.8 Å². The first-order valence-corrected chi connectivity index (χ1v) is 6.09. The van der Waals surface area contributed by atoms with Crippen LogP contribution in [0.2, 0.25) is 0 Å². The van der Waals surface area contributed by atoms with Gasteiger partial charge in [-0.25, -0.2) is 9.89 Å². The molecular formula is C11H18N4O2. The number of aromatic nitrogens is 3. The van der Waals surface area contributed by atoms with Crippen molar-refractivity contribution in [2.24, 2.45) is 11.8 Å². The maximum absolute atomic E-state index is 11.4. The second-order valence-electron chi connectivity index (χ2n) is 4.76. The van der Waals surface area contributed by atoms with E-state index in [2.05, 4.69) is 27.4 Å². The van der Waals surface area contributed by atoms with Crippen LogP contribution in [0.25, 0.3) is 0 Å². The SMILES string of the molecule is CC1CCCCC1CNc1n[nH]c(=O)[nH]c1=O. The van der Waals surface area contributed by atoms with Crippen molar-refractivity contribution < 1.29 is 0 Å². The first-order valence-electron chi connectivity index (χ1n) is 6.09. The molecule has 0 bridgehead atoms. The minimum atomic E-state index is -0.577. The Bertz CT molecular complexity index is 479. The first kappa shape index (κ1) is 11.9. The number of nitrogens with zero attached hydrogens (tertiary/aromatic N) is 1. The smallest absolute Gasteiger partial charge is 0.342 e. The molecule has 2 atom stereocenters. The molecule has 1 aromatic heterocycles. The zero-order valence-corrected chi connectivity index (χ0v) is 9.95. The van der Waals surface area contributed by atoms with Crippen LogP contribution in [0.15, 0.2) is 9.59 Å². The van der Waals surface area contributed by atoms with E-state index in [9.17, 15) is 9.59 Å². The van der Waals surface area contributed by atoms with Gasteiger partial charge >= 0.3 is 5.69 Å². The van der Waals surface area contributed by atoms with Crippen molar-refractivity contribution in [2.45, 2.75) is 32.6 Å². The average Bonchev–Trinajstić information content (AvgIpc) is 2.30. The molecule has 3 N–H and O–H groups in total. The highest BCUT2D eigenvalue weighted by atomic mass is 16.2. The predicted octanol–water partition coefficient (Wildman–Crippen LogP) is 0.696. The van der Waals surface area contributed by atoms with E-state index in [1.807, 2.05) is 0 Å². The quantitative estimate of drug-likeness (QED) is 0.722. The molecule has 1 aliphatic rings. The fraction of sp³-hybridized carbons (Fsp3) is 0.727. The maximum atomic E-state index is 11.4. The van der Waals surface area contributed by atoms with E-state index in [1.54, 1.807) is 0 Å². The Kier molecular flexibility index (Phi) is 3.61. The Balaban J connectivity index is 1.97. The van der Waals surface area contributed by atoms with E-state index >= 15 is 0 Å². The lowest BCUT2D eigenvalue weighted by atomic mass is 9.80. The number of H-pyrrole nitrogens is 2. The van der Waals surface area contributed by atoms with E-state index in [4.69, 9.17) is 0 Å². The van der Waals surface area contributed by atoms with Gasteiger partial charge in [0.2, 0.25) is 5.82 Å². The predicted molar refractivity (Wildman–Crippen MR) is 65.1 cm³/mol. The summed E-state index contributed by atoms with van der Waals surface area (Å²) >= 11 is 0. The Morgan fingerprint density at radius 3 is 2.82 bits per heavy atom. The lowest BCUT2D eigenvalue weighted by molar-refractivity contribution is 0.268. The number of nitrogens with one attached hydrogen (secondary N) is 3.